The van der Waals surface area contributed by atoms with Crippen molar-refractivity contribution in [3.8, 4) is 0 Å². The number of fused-ring (bicyclic) bond motifs is 2. The van der Waals surface area contributed by atoms with E-state index in [0.29, 0.717) is 43.3 Å². The number of thiol groups is 1. The molecule has 4 aromatic carbocycles. The van der Waals surface area contributed by atoms with Crippen LogP contribution in [-0.4, -0.2) is 71.0 Å². The van der Waals surface area contributed by atoms with E-state index in [4.69, 9.17) is 23.7 Å². The second-order valence-electron chi connectivity index (χ2n) is 14.0. The van der Waals surface area contributed by atoms with Gasteiger partial charge in [-0.3, -0.25) is 9.59 Å². The van der Waals surface area contributed by atoms with Gasteiger partial charge in [0.15, 0.2) is 0 Å². The van der Waals surface area contributed by atoms with Crippen LogP contribution in [0.25, 0.3) is 34.4 Å². The second-order valence-corrected chi connectivity index (χ2v) is 15.2. The average Bonchev–Trinajstić information content (AvgIpc) is 3.63. The summed E-state index contributed by atoms with van der Waals surface area (Å²) in [4.78, 5) is 26.8. The maximum absolute atomic E-state index is 14.3. The molecular weight excluding hydrogens is 791 g/mol. The summed E-state index contributed by atoms with van der Waals surface area (Å²) in [5, 5.41) is 0. The largest absolute Gasteiger partial charge is 0.463 e. The van der Waals surface area contributed by atoms with Gasteiger partial charge in [0.1, 0.15) is 24.8 Å². The van der Waals surface area contributed by atoms with Crippen LogP contribution in [0.5, 0.6) is 0 Å². The molecule has 59 heavy (non-hydrogen) atoms. The summed E-state index contributed by atoms with van der Waals surface area (Å²) in [5.74, 6) is -0.903. The molecule has 0 saturated heterocycles. The first-order valence-corrected chi connectivity index (χ1v) is 21.3. The Balaban J connectivity index is 0.845. The Labute approximate surface area is 354 Å². The number of allylic oxidation sites excluding steroid dienone is 4. The van der Waals surface area contributed by atoms with E-state index < -0.39 is 11.9 Å². The number of halogens is 2. The summed E-state index contributed by atoms with van der Waals surface area (Å²) in [6.45, 7) is 5.72. The van der Waals surface area contributed by atoms with Crippen LogP contribution in [0.2, 0.25) is 0 Å². The lowest BCUT2D eigenvalue weighted by Crippen LogP contribution is -2.15. The minimum Gasteiger partial charge on any atom is -0.463 e. The summed E-state index contributed by atoms with van der Waals surface area (Å²) in [5.41, 5.74) is 11.6. The first-order valence-electron chi connectivity index (χ1n) is 19.5. The van der Waals surface area contributed by atoms with Gasteiger partial charge in [-0.1, -0.05) is 48.5 Å². The van der Waals surface area contributed by atoms with Crippen LogP contribution in [0.3, 0.4) is 0 Å². The Bertz CT molecular complexity index is 2100. The molecule has 0 radical (unpaired) electrons. The van der Waals surface area contributed by atoms with Crippen LogP contribution in [0.15, 0.2) is 101 Å². The molecular formula is C48H48F2O7S2. The maximum atomic E-state index is 14.3. The number of ether oxygens (including phenoxy) is 5. The summed E-state index contributed by atoms with van der Waals surface area (Å²) in [7, 11) is 0. The van der Waals surface area contributed by atoms with Gasteiger partial charge in [-0.15, -0.1) is 11.8 Å². The van der Waals surface area contributed by atoms with Crippen molar-refractivity contribution in [1.29, 1.82) is 0 Å². The fourth-order valence-corrected chi connectivity index (χ4v) is 7.70. The van der Waals surface area contributed by atoms with Gasteiger partial charge in [-0.2, -0.15) is 12.6 Å². The van der Waals surface area contributed by atoms with Gasteiger partial charge < -0.3 is 23.7 Å². The average molecular weight is 839 g/mol. The van der Waals surface area contributed by atoms with Crippen molar-refractivity contribution in [3.05, 3.63) is 147 Å². The number of carbonyl (C=O) groups excluding carboxylic acids is 2. The lowest BCUT2D eigenvalue weighted by molar-refractivity contribution is -0.144. The number of esters is 2. The molecule has 0 unspecified atom stereocenters. The molecule has 0 saturated carbocycles. The van der Waals surface area contributed by atoms with Crippen molar-refractivity contribution in [2.45, 2.75) is 37.3 Å². The second kappa shape index (κ2) is 21.5. The lowest BCUT2D eigenvalue weighted by atomic mass is 10.00. The smallest absolute Gasteiger partial charge is 0.310 e. The fourth-order valence-electron chi connectivity index (χ4n) is 7.08. The van der Waals surface area contributed by atoms with Crippen molar-refractivity contribution < 1.29 is 42.1 Å². The zero-order valence-electron chi connectivity index (χ0n) is 33.5. The third-order valence-corrected chi connectivity index (χ3v) is 11.3. The summed E-state index contributed by atoms with van der Waals surface area (Å²) in [6, 6.07) is 25.6. The molecule has 0 aromatic heterocycles. The molecule has 0 amide bonds. The van der Waals surface area contributed by atoms with Gasteiger partial charge in [0.05, 0.1) is 52.5 Å². The first-order chi connectivity index (χ1) is 28.6. The van der Waals surface area contributed by atoms with Gasteiger partial charge in [-0.25, -0.2) is 8.78 Å². The molecule has 0 aliphatic heterocycles. The SMILES string of the molecule is CSc1ccc(/C=C2/C(C)=C(CC(=O)OCCOCCOCCOCCOC(=O)CC3=C(C)/C(=C/c4ccc(CS)cc4)c4ccc(F)cc43)c3cc(F)ccc32)cc1. The molecule has 2 aliphatic rings. The zero-order chi connectivity index (χ0) is 41.7. The molecule has 7 nitrogen and oxygen atoms in total. The van der Waals surface area contributed by atoms with Crippen molar-refractivity contribution in [1.82, 2.24) is 0 Å². The predicted molar refractivity (Wildman–Crippen MR) is 235 cm³/mol. The third-order valence-electron chi connectivity index (χ3n) is 10.2. The molecule has 6 rings (SSSR count). The van der Waals surface area contributed by atoms with Crippen LogP contribution in [0.1, 0.15) is 65.6 Å². The van der Waals surface area contributed by atoms with Crippen molar-refractivity contribution in [2.24, 2.45) is 0 Å². The topological polar surface area (TPSA) is 80.3 Å². The molecule has 0 heterocycles. The van der Waals surface area contributed by atoms with Gasteiger partial charge in [-0.05, 0) is 141 Å². The highest BCUT2D eigenvalue weighted by Crippen LogP contribution is 2.45. The highest BCUT2D eigenvalue weighted by atomic mass is 32.2. The van der Waals surface area contributed by atoms with Crippen molar-refractivity contribution >= 4 is 70.8 Å². The molecule has 0 atom stereocenters. The first kappa shape index (κ1) is 43.8. The minimum absolute atomic E-state index is 0.0149. The summed E-state index contributed by atoms with van der Waals surface area (Å²) < 4.78 is 56.1. The van der Waals surface area contributed by atoms with Crippen LogP contribution in [0, 0.1) is 11.6 Å². The summed E-state index contributed by atoms with van der Waals surface area (Å²) >= 11 is 6.00. The molecule has 2 aliphatic carbocycles. The Morgan fingerprint density at radius 1 is 0.576 bits per heavy atom. The number of hydrogen-bond donors (Lipinski definition) is 1. The van der Waals surface area contributed by atoms with Gasteiger partial charge >= 0.3 is 11.9 Å². The van der Waals surface area contributed by atoms with Crippen molar-refractivity contribution in [3.63, 3.8) is 0 Å². The van der Waals surface area contributed by atoms with Crippen LogP contribution < -0.4 is 0 Å². The monoisotopic (exact) mass is 838 g/mol. The maximum Gasteiger partial charge on any atom is 0.310 e. The Hall–Kier alpha value is -4.78. The molecule has 0 N–H and O–H groups in total. The number of thioether (sulfide) groups is 1. The van der Waals surface area contributed by atoms with Crippen molar-refractivity contribution in [2.75, 3.05) is 59.1 Å². The molecule has 0 fully saturated rings. The quantitative estimate of drug-likeness (QED) is 0.0408. The Morgan fingerprint density at radius 2 is 0.983 bits per heavy atom. The molecule has 11 heteroatoms. The van der Waals surface area contributed by atoms with Crippen LogP contribution in [0.4, 0.5) is 8.78 Å². The highest BCUT2D eigenvalue weighted by Gasteiger charge is 2.27. The minimum atomic E-state index is -0.419. The van der Waals surface area contributed by atoms with E-state index in [-0.39, 0.29) is 50.9 Å². The van der Waals surface area contributed by atoms with E-state index in [1.165, 1.54) is 29.2 Å². The number of carbonyl (C=O) groups is 2. The normalized spacial score (nSPS) is 14.7. The standard InChI is InChI=1S/C48H48F2O7S2/c1-31-41(24-33-4-6-35(30-58)7-5-33)39-14-10-36(49)26-45(39)43(31)28-47(51)56-22-20-54-18-16-53-17-19-55-21-23-57-48(52)29-44-32(2)42(40-15-11-37(50)27-46(40)44)25-34-8-12-38(59-3)13-9-34/h4-15,24-27,58H,16-23,28-30H2,1-3H3/b41-24-,42-25-. The van der Waals surface area contributed by atoms with E-state index in [1.54, 1.807) is 23.9 Å². The third kappa shape index (κ3) is 11.7. The van der Waals surface area contributed by atoms with E-state index >= 15 is 0 Å². The highest BCUT2D eigenvalue weighted by molar-refractivity contribution is 7.98. The summed E-state index contributed by atoms with van der Waals surface area (Å²) in [6.07, 6.45) is 6.18. The lowest BCUT2D eigenvalue weighted by Gasteiger charge is -2.10. The number of benzene rings is 4. The number of hydrogen-bond acceptors (Lipinski definition) is 9. The Kier molecular flexibility index (Phi) is 15.9. The van der Waals surface area contributed by atoms with E-state index in [0.717, 1.165) is 61.3 Å². The molecule has 4 aromatic rings. The van der Waals surface area contributed by atoms with E-state index in [9.17, 15) is 18.4 Å². The zero-order valence-corrected chi connectivity index (χ0v) is 35.2. The van der Waals surface area contributed by atoms with Gasteiger partial charge in [0.2, 0.25) is 0 Å². The Morgan fingerprint density at radius 3 is 1.39 bits per heavy atom. The molecule has 0 spiro atoms. The predicted octanol–water partition coefficient (Wildman–Crippen LogP) is 10.4. The fraction of sp³-hybridized carbons (Fsp3) is 0.292. The van der Waals surface area contributed by atoms with E-state index in [1.807, 2.05) is 56.5 Å². The molecule has 308 valence electrons. The van der Waals surface area contributed by atoms with Crippen LogP contribution in [-0.2, 0) is 39.0 Å². The number of rotatable bonds is 20. The van der Waals surface area contributed by atoms with Gasteiger partial charge in [0.25, 0.3) is 0 Å². The molecule has 0 bridgehead atoms. The van der Waals surface area contributed by atoms with Crippen LogP contribution >= 0.6 is 24.4 Å². The van der Waals surface area contributed by atoms with E-state index in [2.05, 4.69) is 36.9 Å². The van der Waals surface area contributed by atoms with Gasteiger partial charge in [0, 0.05) is 10.6 Å².